The van der Waals surface area contributed by atoms with Crippen LogP contribution in [0.2, 0.25) is 0 Å². The number of allylic oxidation sites excluding steroid dienone is 1. The molecule has 158 valence electrons. The number of fused-ring (bicyclic) bond motifs is 1. The van der Waals surface area contributed by atoms with E-state index in [4.69, 9.17) is 4.74 Å². The van der Waals surface area contributed by atoms with Gasteiger partial charge in [-0.25, -0.2) is 4.98 Å². The highest BCUT2D eigenvalue weighted by molar-refractivity contribution is 5.81. The summed E-state index contributed by atoms with van der Waals surface area (Å²) >= 11 is 0. The van der Waals surface area contributed by atoms with Crippen molar-refractivity contribution in [3.8, 4) is 11.1 Å². The van der Waals surface area contributed by atoms with Crippen LogP contribution in [0.1, 0.15) is 57.9 Å². The molecule has 1 aromatic heterocycles. The lowest BCUT2D eigenvalue weighted by Crippen LogP contribution is -2.08. The van der Waals surface area contributed by atoms with Gasteiger partial charge in [-0.05, 0) is 61.4 Å². The molecule has 2 aromatic carbocycles. The van der Waals surface area contributed by atoms with Crippen LogP contribution >= 0.6 is 0 Å². The third-order valence-corrected chi connectivity index (χ3v) is 5.26. The standard InChI is InChI=1S/C26H32N2O2/c1-3-4-8-17-30-20(2)9-6-5-7-10-21-11-13-22(14-12-21)23-15-16-24-25(18-23)27-19-26(29)28-24/h7,10-16,18-20H,3-6,8-9,17H2,1-2H3,(H,28,29). The number of rotatable bonds is 11. The van der Waals surface area contributed by atoms with Gasteiger partial charge >= 0.3 is 0 Å². The number of hydrogen-bond acceptors (Lipinski definition) is 3. The van der Waals surface area contributed by atoms with E-state index < -0.39 is 0 Å². The molecule has 0 spiro atoms. The first-order valence-electron chi connectivity index (χ1n) is 11.0. The van der Waals surface area contributed by atoms with Crippen LogP contribution in [-0.4, -0.2) is 22.7 Å². The SMILES string of the molecule is CCCCCOC(C)CCCC=Cc1ccc(-c2ccc3[nH]c(=O)cnc3c2)cc1. The fourth-order valence-electron chi connectivity index (χ4n) is 3.47. The van der Waals surface area contributed by atoms with E-state index in [1.165, 1.54) is 31.0 Å². The van der Waals surface area contributed by atoms with Gasteiger partial charge in [-0.15, -0.1) is 0 Å². The monoisotopic (exact) mass is 404 g/mol. The summed E-state index contributed by atoms with van der Waals surface area (Å²) in [5.41, 5.74) is 4.79. The highest BCUT2D eigenvalue weighted by Gasteiger charge is 2.02. The molecular formula is C26H32N2O2. The van der Waals surface area contributed by atoms with Crippen LogP contribution < -0.4 is 5.56 Å². The number of aromatic amines is 1. The summed E-state index contributed by atoms with van der Waals surface area (Å²) in [4.78, 5) is 18.4. The van der Waals surface area contributed by atoms with Crippen molar-refractivity contribution in [1.29, 1.82) is 0 Å². The van der Waals surface area contributed by atoms with Gasteiger partial charge in [0.1, 0.15) is 0 Å². The second-order valence-corrected chi connectivity index (χ2v) is 7.82. The van der Waals surface area contributed by atoms with Gasteiger partial charge in [0.15, 0.2) is 0 Å². The van der Waals surface area contributed by atoms with Crippen molar-refractivity contribution in [2.24, 2.45) is 0 Å². The van der Waals surface area contributed by atoms with Crippen LogP contribution in [-0.2, 0) is 4.74 Å². The van der Waals surface area contributed by atoms with Crippen molar-refractivity contribution in [2.45, 2.75) is 58.5 Å². The van der Waals surface area contributed by atoms with E-state index in [1.54, 1.807) is 0 Å². The smallest absolute Gasteiger partial charge is 0.266 e. The Labute approximate surface area is 179 Å². The summed E-state index contributed by atoms with van der Waals surface area (Å²) in [6.07, 6.45) is 13.1. The van der Waals surface area contributed by atoms with Gasteiger partial charge in [-0.2, -0.15) is 0 Å². The summed E-state index contributed by atoms with van der Waals surface area (Å²) in [5.74, 6) is 0. The Hall–Kier alpha value is -2.72. The van der Waals surface area contributed by atoms with Gasteiger partial charge in [0.05, 0.1) is 23.3 Å². The zero-order chi connectivity index (χ0) is 21.2. The third kappa shape index (κ3) is 6.67. The first-order chi connectivity index (χ1) is 14.7. The summed E-state index contributed by atoms with van der Waals surface area (Å²) < 4.78 is 5.85. The number of benzene rings is 2. The highest BCUT2D eigenvalue weighted by atomic mass is 16.5. The fraction of sp³-hybridized carbons (Fsp3) is 0.385. The molecule has 1 atom stereocenters. The molecule has 0 aliphatic carbocycles. The molecule has 0 fully saturated rings. The number of nitrogens with one attached hydrogen (secondary N) is 1. The van der Waals surface area contributed by atoms with Crippen molar-refractivity contribution in [2.75, 3.05) is 6.61 Å². The van der Waals surface area contributed by atoms with E-state index in [0.29, 0.717) is 6.10 Å². The van der Waals surface area contributed by atoms with Crippen molar-refractivity contribution >= 4 is 17.1 Å². The first kappa shape index (κ1) is 22.0. The van der Waals surface area contributed by atoms with Crippen LogP contribution in [0.25, 0.3) is 28.2 Å². The molecule has 0 saturated heterocycles. The van der Waals surface area contributed by atoms with E-state index in [2.05, 4.69) is 60.2 Å². The first-order valence-corrected chi connectivity index (χ1v) is 11.0. The molecule has 3 rings (SSSR count). The van der Waals surface area contributed by atoms with Gasteiger partial charge < -0.3 is 9.72 Å². The van der Waals surface area contributed by atoms with Gasteiger partial charge in [-0.1, -0.05) is 62.2 Å². The average molecular weight is 405 g/mol. The summed E-state index contributed by atoms with van der Waals surface area (Å²) in [6.45, 7) is 5.28. The molecule has 0 aliphatic heterocycles. The van der Waals surface area contributed by atoms with Gasteiger partial charge in [-0.3, -0.25) is 4.79 Å². The van der Waals surface area contributed by atoms with Crippen molar-refractivity contribution in [3.63, 3.8) is 0 Å². The predicted octanol–water partition coefficient (Wildman–Crippen LogP) is 6.37. The van der Waals surface area contributed by atoms with Gasteiger partial charge in [0, 0.05) is 6.61 Å². The van der Waals surface area contributed by atoms with Crippen molar-refractivity contribution in [1.82, 2.24) is 9.97 Å². The number of unbranched alkanes of at least 4 members (excludes halogenated alkanes) is 3. The molecular weight excluding hydrogens is 372 g/mol. The van der Waals surface area contributed by atoms with E-state index in [-0.39, 0.29) is 5.56 Å². The Balaban J connectivity index is 1.47. The Kier molecular flexibility index (Phi) is 8.40. The zero-order valence-electron chi connectivity index (χ0n) is 18.1. The lowest BCUT2D eigenvalue weighted by molar-refractivity contribution is 0.0566. The second-order valence-electron chi connectivity index (χ2n) is 7.82. The molecule has 0 radical (unpaired) electrons. The molecule has 1 heterocycles. The van der Waals surface area contributed by atoms with Crippen LogP contribution in [0, 0.1) is 0 Å². The second kappa shape index (κ2) is 11.5. The maximum Gasteiger partial charge on any atom is 0.266 e. The largest absolute Gasteiger partial charge is 0.379 e. The van der Waals surface area contributed by atoms with Crippen LogP contribution in [0.3, 0.4) is 0 Å². The van der Waals surface area contributed by atoms with Gasteiger partial charge in [0.25, 0.3) is 5.56 Å². The minimum absolute atomic E-state index is 0.180. The fourth-order valence-corrected chi connectivity index (χ4v) is 3.47. The summed E-state index contributed by atoms with van der Waals surface area (Å²) in [6, 6.07) is 14.4. The molecule has 1 N–H and O–H groups in total. The summed E-state index contributed by atoms with van der Waals surface area (Å²) in [5, 5.41) is 0. The van der Waals surface area contributed by atoms with Gasteiger partial charge in [0.2, 0.25) is 0 Å². The molecule has 0 aliphatic rings. The number of hydrogen-bond donors (Lipinski definition) is 1. The summed E-state index contributed by atoms with van der Waals surface area (Å²) in [7, 11) is 0. The number of aromatic nitrogens is 2. The molecule has 0 amide bonds. The molecule has 3 aromatic rings. The Morgan fingerprint density at radius 1 is 1.07 bits per heavy atom. The Morgan fingerprint density at radius 3 is 2.67 bits per heavy atom. The van der Waals surface area contributed by atoms with E-state index >= 15 is 0 Å². The third-order valence-electron chi connectivity index (χ3n) is 5.26. The average Bonchev–Trinajstić information content (AvgIpc) is 2.76. The molecule has 4 nitrogen and oxygen atoms in total. The maximum atomic E-state index is 11.4. The molecule has 0 saturated carbocycles. The van der Waals surface area contributed by atoms with E-state index in [1.807, 2.05) is 18.2 Å². The maximum absolute atomic E-state index is 11.4. The lowest BCUT2D eigenvalue weighted by Gasteiger charge is -2.12. The topological polar surface area (TPSA) is 55.0 Å². The van der Waals surface area contributed by atoms with Crippen LogP contribution in [0.15, 0.2) is 59.5 Å². The molecule has 4 heteroatoms. The molecule has 1 unspecified atom stereocenters. The predicted molar refractivity (Wildman–Crippen MR) is 126 cm³/mol. The number of ether oxygens (including phenoxy) is 1. The van der Waals surface area contributed by atoms with Crippen molar-refractivity contribution in [3.05, 3.63) is 70.7 Å². The van der Waals surface area contributed by atoms with E-state index in [9.17, 15) is 4.79 Å². The van der Waals surface area contributed by atoms with E-state index in [0.717, 1.165) is 48.0 Å². The minimum Gasteiger partial charge on any atom is -0.379 e. The van der Waals surface area contributed by atoms with Crippen molar-refractivity contribution < 1.29 is 4.74 Å². The lowest BCUT2D eigenvalue weighted by atomic mass is 10.0. The molecule has 30 heavy (non-hydrogen) atoms. The Bertz CT molecular complexity index is 1010. The number of nitrogens with zero attached hydrogens (tertiary/aromatic N) is 1. The Morgan fingerprint density at radius 2 is 1.87 bits per heavy atom. The normalized spacial score (nSPS) is 12.6. The molecule has 0 bridgehead atoms. The minimum atomic E-state index is -0.180. The highest BCUT2D eigenvalue weighted by Crippen LogP contribution is 2.23. The quantitative estimate of drug-likeness (QED) is 0.378. The zero-order valence-corrected chi connectivity index (χ0v) is 18.1. The van der Waals surface area contributed by atoms with Crippen LogP contribution in [0.4, 0.5) is 0 Å². The van der Waals surface area contributed by atoms with Crippen LogP contribution in [0.5, 0.6) is 0 Å². The number of H-pyrrole nitrogens is 1.